The molecule has 6 bridgehead atoms. The second-order valence-corrected chi connectivity index (χ2v) is 21.8. The first kappa shape index (κ1) is 40.6. The molecule has 10 aliphatic rings. The zero-order valence-corrected chi connectivity index (χ0v) is 35.0. The molecule has 320 valence electrons. The predicted molar refractivity (Wildman–Crippen MR) is 217 cm³/mol. The number of fused-ring (bicyclic) bond motifs is 1. The summed E-state index contributed by atoms with van der Waals surface area (Å²) in [6.07, 6.45) is 12.8. The third kappa shape index (κ3) is 5.95. The van der Waals surface area contributed by atoms with Gasteiger partial charge in [-0.25, -0.2) is 0 Å². The van der Waals surface area contributed by atoms with Gasteiger partial charge in [-0.3, -0.25) is 9.69 Å². The molecule has 7 nitrogen and oxygen atoms in total. The van der Waals surface area contributed by atoms with Crippen molar-refractivity contribution in [2.45, 2.75) is 121 Å². The third-order valence-electron chi connectivity index (χ3n) is 18.2. The number of benzene rings is 1. The maximum absolute atomic E-state index is 15.2. The predicted octanol–water partition coefficient (Wildman–Crippen LogP) is 9.26. The minimum atomic E-state index is -4.59. The van der Waals surface area contributed by atoms with Gasteiger partial charge in [-0.1, -0.05) is 43.7 Å². The van der Waals surface area contributed by atoms with Gasteiger partial charge < -0.3 is 24.8 Å². The smallest absolute Gasteiger partial charge is 0.416 e. The molecule has 1 aromatic carbocycles. The first-order valence-corrected chi connectivity index (χ1v) is 22.6. The van der Waals surface area contributed by atoms with Crippen LogP contribution in [0.15, 0.2) is 58.6 Å². The van der Waals surface area contributed by atoms with Gasteiger partial charge in [0.2, 0.25) is 5.78 Å². The first-order valence-electron chi connectivity index (χ1n) is 22.2. The van der Waals surface area contributed by atoms with Crippen molar-refractivity contribution in [1.29, 1.82) is 0 Å². The van der Waals surface area contributed by atoms with Gasteiger partial charge in [0.15, 0.2) is 5.76 Å². The number of hydrogen-bond acceptors (Lipinski definition) is 7. The Balaban J connectivity index is 1.02. The zero-order valence-electron chi connectivity index (χ0n) is 34.2. The molecule has 10 aliphatic carbocycles. The average Bonchev–Trinajstić information content (AvgIpc) is 3.76. The van der Waals surface area contributed by atoms with Crippen LogP contribution in [0.3, 0.4) is 0 Å². The van der Waals surface area contributed by atoms with Crippen molar-refractivity contribution >= 4 is 17.4 Å². The number of aliphatic hydroxyl groups excluding tert-OH is 3. The van der Waals surface area contributed by atoms with E-state index in [0.717, 1.165) is 55.7 Å². The van der Waals surface area contributed by atoms with Crippen molar-refractivity contribution < 1.29 is 42.8 Å². The number of rotatable bonds is 10. The normalized spacial score (nSPS) is 43.4. The molecule has 9 unspecified atom stereocenters. The highest BCUT2D eigenvalue weighted by Gasteiger charge is 2.74. The van der Waals surface area contributed by atoms with Crippen LogP contribution in [-0.2, 0) is 6.18 Å². The average molecular weight is 838 g/mol. The lowest BCUT2D eigenvalue weighted by molar-refractivity contribution is -0.179. The molecule has 9 atom stereocenters. The summed E-state index contributed by atoms with van der Waals surface area (Å²) in [6, 6.07) is 6.09. The summed E-state index contributed by atoms with van der Waals surface area (Å²) < 4.78 is 47.4. The van der Waals surface area contributed by atoms with E-state index in [9.17, 15) is 33.6 Å². The second kappa shape index (κ2) is 13.5. The van der Waals surface area contributed by atoms with E-state index >= 15 is 4.79 Å². The number of halogens is 4. The topological polar surface area (TPSA) is 114 Å². The number of ketones is 1. The molecule has 0 saturated heterocycles. The van der Waals surface area contributed by atoms with Gasteiger partial charge in [-0.05, 0) is 154 Å². The van der Waals surface area contributed by atoms with Gasteiger partial charge in [0.05, 0.1) is 35.0 Å². The molecule has 2 aromatic rings. The van der Waals surface area contributed by atoms with E-state index in [1.807, 2.05) is 0 Å². The number of carbonyl (C=O) groups excluding carboxylic acids is 1. The zero-order chi connectivity index (χ0) is 41.5. The molecule has 11 heteroatoms. The fourth-order valence-corrected chi connectivity index (χ4v) is 16.3. The fraction of sp³-hybridized carbons (Fsp3) is 0.688. The Morgan fingerprint density at radius 2 is 1.58 bits per heavy atom. The van der Waals surface area contributed by atoms with Crippen LogP contribution in [0.25, 0.3) is 11.3 Å². The monoisotopic (exact) mass is 837 g/mol. The van der Waals surface area contributed by atoms with Crippen molar-refractivity contribution in [3.63, 3.8) is 0 Å². The second-order valence-electron chi connectivity index (χ2n) is 21.4. The Morgan fingerprint density at radius 3 is 2.25 bits per heavy atom. The van der Waals surface area contributed by atoms with Gasteiger partial charge in [0.1, 0.15) is 5.76 Å². The molecule has 0 aliphatic heterocycles. The maximum Gasteiger partial charge on any atom is 0.416 e. The summed E-state index contributed by atoms with van der Waals surface area (Å²) in [5, 5.41) is 45.5. The summed E-state index contributed by atoms with van der Waals surface area (Å²) in [5.74, 6) is 1.95. The van der Waals surface area contributed by atoms with E-state index in [1.54, 1.807) is 0 Å². The van der Waals surface area contributed by atoms with E-state index in [-0.39, 0.29) is 63.7 Å². The molecule has 7 saturated carbocycles. The molecular formula is C48H59ClF3NO6. The molecule has 1 heterocycles. The highest BCUT2D eigenvalue weighted by Crippen LogP contribution is 2.78. The van der Waals surface area contributed by atoms with E-state index in [0.29, 0.717) is 37.8 Å². The van der Waals surface area contributed by atoms with E-state index in [1.165, 1.54) is 56.7 Å². The molecule has 2 spiro atoms. The van der Waals surface area contributed by atoms with Crippen molar-refractivity contribution in [3.8, 4) is 11.3 Å². The Bertz CT molecular complexity index is 2060. The van der Waals surface area contributed by atoms with Gasteiger partial charge in [0.25, 0.3) is 0 Å². The largest absolute Gasteiger partial charge is 0.453 e. The Morgan fingerprint density at radius 1 is 0.915 bits per heavy atom. The number of furan rings is 1. The number of alkyl halides is 3. The summed E-state index contributed by atoms with van der Waals surface area (Å²) >= 11 is 6.42. The van der Waals surface area contributed by atoms with Crippen molar-refractivity contribution in [2.24, 2.45) is 56.7 Å². The molecular weight excluding hydrogens is 779 g/mol. The minimum Gasteiger partial charge on any atom is -0.453 e. The van der Waals surface area contributed by atoms with Gasteiger partial charge in [-0.15, -0.1) is 0 Å². The van der Waals surface area contributed by atoms with E-state index in [2.05, 4.69) is 37.0 Å². The van der Waals surface area contributed by atoms with Crippen LogP contribution in [-0.4, -0.2) is 75.2 Å². The number of Topliss-reactive ketones (excluding diaryl/α,β-unsaturated/α-hetero) is 1. The lowest BCUT2D eigenvalue weighted by Crippen LogP contribution is -2.67. The van der Waals surface area contributed by atoms with E-state index in [4.69, 9.17) is 16.0 Å². The molecule has 0 amide bonds. The van der Waals surface area contributed by atoms with Crippen molar-refractivity contribution in [2.75, 3.05) is 26.2 Å². The van der Waals surface area contributed by atoms with Crippen molar-refractivity contribution in [3.05, 3.63) is 70.5 Å². The third-order valence-corrected chi connectivity index (χ3v) is 18.6. The SMILES string of the molecule is CC12CCC(O)CC13C=CC1(C(C(=O)c4ccc(-c5cc(C(F)(F)F)ccc5Cl)o4)=C3)C2CCC2(C)C1CCC2(O)CN(CC(O)CO)CC12CC3CC(CC(C3)C1)C2. The van der Waals surface area contributed by atoms with Crippen LogP contribution < -0.4 is 0 Å². The summed E-state index contributed by atoms with van der Waals surface area (Å²) in [6.45, 7) is 5.66. The molecule has 4 N–H and O–H groups in total. The lowest BCUT2D eigenvalue weighted by Gasteiger charge is -2.71. The van der Waals surface area contributed by atoms with Crippen LogP contribution in [0.1, 0.15) is 113 Å². The number of allylic oxidation sites excluding steroid dienone is 4. The maximum atomic E-state index is 15.2. The van der Waals surface area contributed by atoms with E-state index < -0.39 is 45.8 Å². The minimum absolute atomic E-state index is 0.0172. The Hall–Kier alpha value is -2.47. The highest BCUT2D eigenvalue weighted by molar-refractivity contribution is 6.33. The Labute approximate surface area is 350 Å². The first-order chi connectivity index (χ1) is 27.8. The summed E-state index contributed by atoms with van der Waals surface area (Å²) in [4.78, 5) is 17.5. The quantitative estimate of drug-likeness (QED) is 0.139. The van der Waals surface area contributed by atoms with Gasteiger partial charge in [0, 0.05) is 47.0 Å². The molecule has 7 fully saturated rings. The molecule has 59 heavy (non-hydrogen) atoms. The summed E-state index contributed by atoms with van der Waals surface area (Å²) in [7, 11) is 0. The number of aliphatic hydroxyl groups is 4. The van der Waals surface area contributed by atoms with Crippen LogP contribution >= 0.6 is 11.6 Å². The van der Waals surface area contributed by atoms with Crippen LogP contribution in [0.4, 0.5) is 13.2 Å². The fourth-order valence-electron chi connectivity index (χ4n) is 16.1. The van der Waals surface area contributed by atoms with Gasteiger partial charge in [-0.2, -0.15) is 13.2 Å². The van der Waals surface area contributed by atoms with Crippen LogP contribution in [0.5, 0.6) is 0 Å². The Kier molecular flexibility index (Phi) is 9.30. The van der Waals surface area contributed by atoms with Crippen molar-refractivity contribution in [1.82, 2.24) is 4.90 Å². The molecule has 0 radical (unpaired) electrons. The number of nitrogens with zero attached hydrogens (tertiary/aromatic N) is 1. The summed E-state index contributed by atoms with van der Waals surface area (Å²) in [5.41, 5.74) is -3.39. The molecule has 12 rings (SSSR count). The standard InChI is InChI=1S/C48H59ClF3NO6/c1-42-10-7-32(55)22-45(42)13-14-47(35(23-45)41(57)38-6-5-37(59-38)34-18-31(48(50,51)52)3-4-36(34)49)39(42)8-11-43(2)40(47)9-12-46(43,58)27-53(24-33(56)25-54)26-44-19-28-15-29(20-44)17-30(16-28)21-44/h3-6,13-14,18,23,28-30,32-33,39-40,54-56,58H,7-12,15-17,19-22,24-27H2,1-2H3. The number of hydrogen-bond donors (Lipinski definition) is 4. The van der Waals surface area contributed by atoms with Gasteiger partial charge >= 0.3 is 6.18 Å². The highest BCUT2D eigenvalue weighted by atomic mass is 35.5. The van der Waals surface area contributed by atoms with Crippen LogP contribution in [0, 0.1) is 56.7 Å². The molecule has 1 aromatic heterocycles. The van der Waals surface area contributed by atoms with Crippen LogP contribution in [0.2, 0.25) is 5.02 Å². The number of carbonyl (C=O) groups is 1. The lowest BCUT2D eigenvalue weighted by atomic mass is 9.32.